The second-order valence-electron chi connectivity index (χ2n) is 4.62. The lowest BCUT2D eigenvalue weighted by Crippen LogP contribution is -2.42. The third-order valence-electron chi connectivity index (χ3n) is 3.30. The fourth-order valence-electron chi connectivity index (χ4n) is 2.56. The van der Waals surface area contributed by atoms with Crippen LogP contribution >= 0.6 is 0 Å². The molecule has 3 heteroatoms. The summed E-state index contributed by atoms with van der Waals surface area (Å²) in [6.45, 7) is 0. The topological polar surface area (TPSA) is 38.7 Å². The van der Waals surface area contributed by atoms with E-state index in [0.717, 1.165) is 24.8 Å². The molecule has 1 saturated carbocycles. The molecular weight excluding hydrogens is 204 g/mol. The van der Waals surface area contributed by atoms with Crippen molar-refractivity contribution in [3.63, 3.8) is 0 Å². The van der Waals surface area contributed by atoms with Crippen molar-refractivity contribution in [1.82, 2.24) is 0 Å². The first-order chi connectivity index (χ1) is 7.81. The Balaban J connectivity index is 1.76. The molecule has 0 radical (unpaired) electrons. The molecule has 1 aromatic rings. The summed E-state index contributed by atoms with van der Waals surface area (Å²) >= 11 is 0. The molecular formula is C13H16O3. The van der Waals surface area contributed by atoms with Gasteiger partial charge in [0.05, 0.1) is 18.3 Å². The average molecular weight is 220 g/mol. The lowest BCUT2D eigenvalue weighted by molar-refractivity contribution is -0.271. The number of rotatable bonds is 1. The highest BCUT2D eigenvalue weighted by Gasteiger charge is 2.37. The number of hydrogen-bond donors (Lipinski definition) is 1. The summed E-state index contributed by atoms with van der Waals surface area (Å²) in [5.41, 5.74) is 1.06. The summed E-state index contributed by atoms with van der Waals surface area (Å²) in [6, 6.07) is 9.99. The van der Waals surface area contributed by atoms with Crippen molar-refractivity contribution in [2.24, 2.45) is 0 Å². The summed E-state index contributed by atoms with van der Waals surface area (Å²) in [7, 11) is 0. The van der Waals surface area contributed by atoms with Gasteiger partial charge in [0.2, 0.25) is 0 Å². The van der Waals surface area contributed by atoms with Crippen molar-refractivity contribution in [2.75, 3.05) is 0 Å². The van der Waals surface area contributed by atoms with E-state index < -0.39 is 0 Å². The molecule has 4 atom stereocenters. The van der Waals surface area contributed by atoms with Crippen LogP contribution in [0.3, 0.4) is 0 Å². The first-order valence-electron chi connectivity index (χ1n) is 5.85. The van der Waals surface area contributed by atoms with E-state index in [0.29, 0.717) is 0 Å². The van der Waals surface area contributed by atoms with Crippen molar-refractivity contribution in [3.05, 3.63) is 35.9 Å². The first-order valence-corrected chi connectivity index (χ1v) is 5.85. The maximum absolute atomic E-state index is 9.61. The molecule has 1 aliphatic heterocycles. The van der Waals surface area contributed by atoms with Gasteiger partial charge in [-0.2, -0.15) is 0 Å². The molecule has 1 N–H and O–H groups in total. The lowest BCUT2D eigenvalue weighted by atomic mass is 9.91. The largest absolute Gasteiger partial charge is 0.393 e. The van der Waals surface area contributed by atoms with Gasteiger partial charge < -0.3 is 14.6 Å². The van der Waals surface area contributed by atoms with E-state index in [2.05, 4.69) is 0 Å². The molecule has 0 spiro atoms. The van der Waals surface area contributed by atoms with E-state index in [-0.39, 0.29) is 24.6 Å². The first kappa shape index (κ1) is 10.3. The predicted molar refractivity (Wildman–Crippen MR) is 58.8 cm³/mol. The SMILES string of the molecule is OC1C[C@@H]2C[C@H](C1)OC(c1ccccc1)O2. The molecule has 2 bridgehead atoms. The molecule has 0 amide bonds. The standard InChI is InChI=1S/C13H16O3/c14-10-6-11-8-12(7-10)16-13(15-11)9-4-2-1-3-5-9/h1-5,10-14H,6-8H2/t10?,11-,12+,13?. The van der Waals surface area contributed by atoms with Gasteiger partial charge in [0, 0.05) is 12.0 Å². The molecule has 2 aliphatic rings. The minimum atomic E-state index is -0.263. The van der Waals surface area contributed by atoms with Gasteiger partial charge in [-0.3, -0.25) is 0 Å². The molecule has 2 fully saturated rings. The zero-order chi connectivity index (χ0) is 11.0. The van der Waals surface area contributed by atoms with Crippen molar-refractivity contribution >= 4 is 0 Å². The molecule has 1 heterocycles. The minimum Gasteiger partial charge on any atom is -0.393 e. The lowest BCUT2D eigenvalue weighted by Gasteiger charge is -2.41. The summed E-state index contributed by atoms with van der Waals surface area (Å²) in [4.78, 5) is 0. The van der Waals surface area contributed by atoms with Crippen LogP contribution in [0.2, 0.25) is 0 Å². The second kappa shape index (κ2) is 4.17. The molecule has 1 aromatic carbocycles. The Bertz CT molecular complexity index is 333. The van der Waals surface area contributed by atoms with Crippen LogP contribution in [0.25, 0.3) is 0 Å². The number of aliphatic hydroxyl groups excluding tert-OH is 1. The number of aliphatic hydroxyl groups is 1. The smallest absolute Gasteiger partial charge is 0.184 e. The fourth-order valence-corrected chi connectivity index (χ4v) is 2.56. The summed E-state index contributed by atoms with van der Waals surface area (Å²) in [5.74, 6) is 0. The number of fused-ring (bicyclic) bond motifs is 2. The fraction of sp³-hybridized carbons (Fsp3) is 0.538. The van der Waals surface area contributed by atoms with Gasteiger partial charge in [-0.15, -0.1) is 0 Å². The summed E-state index contributed by atoms with van der Waals surface area (Å²) < 4.78 is 11.7. The normalized spacial score (nSPS) is 38.3. The Labute approximate surface area is 95.0 Å². The molecule has 1 saturated heterocycles. The van der Waals surface area contributed by atoms with Crippen LogP contribution in [0.15, 0.2) is 30.3 Å². The van der Waals surface area contributed by atoms with Crippen LogP contribution in [-0.4, -0.2) is 23.4 Å². The van der Waals surface area contributed by atoms with Crippen molar-refractivity contribution < 1.29 is 14.6 Å². The molecule has 0 aromatic heterocycles. The van der Waals surface area contributed by atoms with Crippen molar-refractivity contribution in [2.45, 2.75) is 43.9 Å². The number of ether oxygens (including phenoxy) is 2. The minimum absolute atomic E-state index is 0.146. The van der Waals surface area contributed by atoms with E-state index >= 15 is 0 Å². The van der Waals surface area contributed by atoms with Crippen LogP contribution < -0.4 is 0 Å². The van der Waals surface area contributed by atoms with E-state index in [1.54, 1.807) is 0 Å². The van der Waals surface area contributed by atoms with E-state index in [9.17, 15) is 5.11 Å². The zero-order valence-corrected chi connectivity index (χ0v) is 9.08. The van der Waals surface area contributed by atoms with Gasteiger partial charge in [-0.1, -0.05) is 30.3 Å². The monoisotopic (exact) mass is 220 g/mol. The van der Waals surface area contributed by atoms with Gasteiger partial charge in [-0.25, -0.2) is 0 Å². The molecule has 3 rings (SSSR count). The van der Waals surface area contributed by atoms with E-state index in [4.69, 9.17) is 9.47 Å². The Morgan fingerprint density at radius 3 is 2.19 bits per heavy atom. The van der Waals surface area contributed by atoms with Crippen molar-refractivity contribution in [3.8, 4) is 0 Å². The van der Waals surface area contributed by atoms with Gasteiger partial charge in [-0.05, 0) is 12.8 Å². The zero-order valence-electron chi connectivity index (χ0n) is 9.08. The molecule has 86 valence electrons. The molecule has 1 aliphatic carbocycles. The maximum atomic E-state index is 9.61. The Kier molecular flexibility index (Phi) is 2.67. The second-order valence-corrected chi connectivity index (χ2v) is 4.62. The van der Waals surface area contributed by atoms with Gasteiger partial charge in [0.1, 0.15) is 0 Å². The third-order valence-corrected chi connectivity index (χ3v) is 3.30. The van der Waals surface area contributed by atoms with Gasteiger partial charge >= 0.3 is 0 Å². The van der Waals surface area contributed by atoms with Gasteiger partial charge in [0.25, 0.3) is 0 Å². The summed E-state index contributed by atoms with van der Waals surface area (Å²) in [5, 5.41) is 9.61. The predicted octanol–water partition coefficient (Wildman–Crippen LogP) is 2.01. The third kappa shape index (κ3) is 1.98. The van der Waals surface area contributed by atoms with E-state index in [1.807, 2.05) is 30.3 Å². The molecule has 3 nitrogen and oxygen atoms in total. The quantitative estimate of drug-likeness (QED) is 0.786. The highest BCUT2D eigenvalue weighted by atomic mass is 16.7. The summed E-state index contributed by atoms with van der Waals surface area (Å²) in [6.07, 6.45) is 2.17. The number of benzene rings is 1. The van der Waals surface area contributed by atoms with Crippen LogP contribution in [0.1, 0.15) is 31.1 Å². The average Bonchev–Trinajstić information content (AvgIpc) is 2.28. The Morgan fingerprint density at radius 1 is 0.938 bits per heavy atom. The van der Waals surface area contributed by atoms with Crippen LogP contribution in [0, 0.1) is 0 Å². The van der Waals surface area contributed by atoms with E-state index in [1.165, 1.54) is 0 Å². The highest BCUT2D eigenvalue weighted by Crippen LogP contribution is 2.36. The highest BCUT2D eigenvalue weighted by molar-refractivity contribution is 5.16. The van der Waals surface area contributed by atoms with Crippen molar-refractivity contribution in [1.29, 1.82) is 0 Å². The Hall–Kier alpha value is -0.900. The van der Waals surface area contributed by atoms with Crippen LogP contribution in [-0.2, 0) is 9.47 Å². The molecule has 2 unspecified atom stereocenters. The van der Waals surface area contributed by atoms with Crippen LogP contribution in [0.4, 0.5) is 0 Å². The maximum Gasteiger partial charge on any atom is 0.184 e. The van der Waals surface area contributed by atoms with Gasteiger partial charge in [0.15, 0.2) is 6.29 Å². The van der Waals surface area contributed by atoms with Crippen LogP contribution in [0.5, 0.6) is 0 Å². The molecule has 16 heavy (non-hydrogen) atoms. The number of hydrogen-bond acceptors (Lipinski definition) is 3. The Morgan fingerprint density at radius 2 is 1.56 bits per heavy atom.